The number of aromatic nitrogens is 8. The standard InChI is InChI=1S/C20H25N9O/c1-5-28-16(4)17(9-22-28)11-27-12-18(10-21-27)23-20(30)19-6-7-26(25-19)13-29-15(3)8-14(2)24-29/h6-10,12H,5,11,13H2,1-4H3,(H,23,30). The molecule has 30 heavy (non-hydrogen) atoms. The fraction of sp³-hybridized carbons (Fsp3) is 0.350. The summed E-state index contributed by atoms with van der Waals surface area (Å²) in [5.41, 5.74) is 5.17. The van der Waals surface area contributed by atoms with E-state index < -0.39 is 0 Å². The molecule has 156 valence electrons. The topological polar surface area (TPSA) is 100 Å². The van der Waals surface area contributed by atoms with Crippen molar-refractivity contribution in [2.75, 3.05) is 5.32 Å². The molecule has 4 heterocycles. The third-order valence-corrected chi connectivity index (χ3v) is 4.98. The van der Waals surface area contributed by atoms with Gasteiger partial charge in [-0.1, -0.05) is 0 Å². The lowest BCUT2D eigenvalue weighted by molar-refractivity contribution is 0.102. The van der Waals surface area contributed by atoms with Crippen LogP contribution in [0.25, 0.3) is 0 Å². The summed E-state index contributed by atoms with van der Waals surface area (Å²) in [7, 11) is 0. The average Bonchev–Trinajstić information content (AvgIpc) is 3.47. The second-order valence-electron chi connectivity index (χ2n) is 7.26. The van der Waals surface area contributed by atoms with Gasteiger partial charge in [0.05, 0.1) is 30.3 Å². The largest absolute Gasteiger partial charge is 0.318 e. The Morgan fingerprint density at radius 2 is 1.90 bits per heavy atom. The van der Waals surface area contributed by atoms with E-state index in [4.69, 9.17) is 0 Å². The van der Waals surface area contributed by atoms with Crippen LogP contribution < -0.4 is 5.32 Å². The number of amides is 1. The quantitative estimate of drug-likeness (QED) is 0.506. The molecule has 0 aromatic carbocycles. The monoisotopic (exact) mass is 407 g/mol. The maximum Gasteiger partial charge on any atom is 0.276 e. The van der Waals surface area contributed by atoms with E-state index in [0.29, 0.717) is 24.6 Å². The van der Waals surface area contributed by atoms with E-state index >= 15 is 0 Å². The van der Waals surface area contributed by atoms with Gasteiger partial charge in [-0.2, -0.15) is 20.4 Å². The Morgan fingerprint density at radius 1 is 1.07 bits per heavy atom. The van der Waals surface area contributed by atoms with E-state index in [1.54, 1.807) is 34.0 Å². The maximum atomic E-state index is 12.6. The highest BCUT2D eigenvalue weighted by atomic mass is 16.2. The van der Waals surface area contributed by atoms with Crippen LogP contribution in [0.15, 0.2) is 36.9 Å². The van der Waals surface area contributed by atoms with E-state index in [-0.39, 0.29) is 5.91 Å². The van der Waals surface area contributed by atoms with Gasteiger partial charge in [0.1, 0.15) is 6.67 Å². The normalized spacial score (nSPS) is 11.2. The van der Waals surface area contributed by atoms with E-state index in [0.717, 1.165) is 29.2 Å². The van der Waals surface area contributed by atoms with Crippen LogP contribution in [0.1, 0.15) is 40.1 Å². The van der Waals surface area contributed by atoms with Gasteiger partial charge in [-0.15, -0.1) is 0 Å². The molecule has 4 aromatic heterocycles. The predicted molar refractivity (Wildman–Crippen MR) is 111 cm³/mol. The third kappa shape index (κ3) is 4.02. The van der Waals surface area contributed by atoms with Gasteiger partial charge in [-0.3, -0.25) is 18.8 Å². The molecule has 0 saturated heterocycles. The van der Waals surface area contributed by atoms with Crippen molar-refractivity contribution in [1.82, 2.24) is 39.1 Å². The van der Waals surface area contributed by atoms with Crippen molar-refractivity contribution >= 4 is 11.6 Å². The summed E-state index contributed by atoms with van der Waals surface area (Å²) in [6.45, 7) is 9.92. The van der Waals surface area contributed by atoms with E-state index in [1.165, 1.54) is 0 Å². The zero-order chi connectivity index (χ0) is 21.3. The number of carbonyl (C=O) groups excluding carboxylic acids is 1. The Bertz CT molecular complexity index is 1180. The molecule has 4 aromatic rings. The minimum atomic E-state index is -0.281. The van der Waals surface area contributed by atoms with Crippen LogP contribution in [0.4, 0.5) is 5.69 Å². The van der Waals surface area contributed by atoms with Crippen LogP contribution in [0.5, 0.6) is 0 Å². The average molecular weight is 407 g/mol. The molecule has 0 aliphatic rings. The number of rotatable bonds is 7. The summed E-state index contributed by atoms with van der Waals surface area (Å²) >= 11 is 0. The number of nitrogens with zero attached hydrogens (tertiary/aromatic N) is 8. The molecule has 0 bridgehead atoms. The van der Waals surface area contributed by atoms with Gasteiger partial charge in [-0.25, -0.2) is 4.68 Å². The summed E-state index contributed by atoms with van der Waals surface area (Å²) in [5.74, 6) is -0.281. The van der Waals surface area contributed by atoms with Gasteiger partial charge in [0.2, 0.25) is 0 Å². The number of nitrogens with one attached hydrogen (secondary N) is 1. The first-order valence-corrected chi connectivity index (χ1v) is 9.82. The summed E-state index contributed by atoms with van der Waals surface area (Å²) in [5, 5.41) is 20.3. The van der Waals surface area contributed by atoms with E-state index in [2.05, 4.69) is 32.6 Å². The summed E-state index contributed by atoms with van der Waals surface area (Å²) in [4.78, 5) is 12.6. The van der Waals surface area contributed by atoms with Crippen molar-refractivity contribution in [2.24, 2.45) is 0 Å². The first-order valence-electron chi connectivity index (χ1n) is 9.82. The maximum absolute atomic E-state index is 12.6. The Morgan fingerprint density at radius 3 is 2.60 bits per heavy atom. The summed E-state index contributed by atoms with van der Waals surface area (Å²) < 4.78 is 7.26. The van der Waals surface area contributed by atoms with Crippen LogP contribution in [-0.4, -0.2) is 45.0 Å². The van der Waals surface area contributed by atoms with Crippen molar-refractivity contribution < 1.29 is 4.79 Å². The first-order chi connectivity index (χ1) is 14.4. The fourth-order valence-electron chi connectivity index (χ4n) is 3.36. The third-order valence-electron chi connectivity index (χ3n) is 4.98. The SMILES string of the molecule is CCn1ncc(Cn2cc(NC(=O)c3ccn(Cn4nc(C)cc4C)n3)cn2)c1C. The minimum Gasteiger partial charge on any atom is -0.318 e. The van der Waals surface area contributed by atoms with Gasteiger partial charge in [0.25, 0.3) is 5.91 Å². The van der Waals surface area contributed by atoms with Crippen molar-refractivity contribution in [3.8, 4) is 0 Å². The second kappa shape index (κ2) is 7.97. The van der Waals surface area contributed by atoms with Gasteiger partial charge in [0, 0.05) is 35.9 Å². The first kappa shape index (κ1) is 19.6. The van der Waals surface area contributed by atoms with Gasteiger partial charge in [0.15, 0.2) is 5.69 Å². The lowest BCUT2D eigenvalue weighted by atomic mass is 10.2. The molecular formula is C20H25N9O. The molecule has 4 rings (SSSR count). The fourth-order valence-corrected chi connectivity index (χ4v) is 3.36. The molecule has 1 N–H and O–H groups in total. The van der Waals surface area contributed by atoms with Crippen molar-refractivity contribution in [3.05, 3.63) is 65.3 Å². The van der Waals surface area contributed by atoms with Gasteiger partial charge in [-0.05, 0) is 39.8 Å². The highest BCUT2D eigenvalue weighted by Crippen LogP contribution is 2.12. The number of aryl methyl sites for hydroxylation is 3. The highest BCUT2D eigenvalue weighted by molar-refractivity contribution is 6.02. The Kier molecular flexibility index (Phi) is 5.21. The molecule has 1 amide bonds. The number of anilines is 1. The van der Waals surface area contributed by atoms with Crippen molar-refractivity contribution in [3.63, 3.8) is 0 Å². The van der Waals surface area contributed by atoms with Gasteiger partial charge < -0.3 is 5.32 Å². The molecule has 10 heteroatoms. The highest BCUT2D eigenvalue weighted by Gasteiger charge is 2.13. The van der Waals surface area contributed by atoms with E-state index in [9.17, 15) is 4.79 Å². The molecule has 0 atom stereocenters. The van der Waals surface area contributed by atoms with Crippen LogP contribution in [0.2, 0.25) is 0 Å². The molecule has 10 nitrogen and oxygen atoms in total. The molecule has 0 saturated carbocycles. The molecular weight excluding hydrogens is 382 g/mol. The minimum absolute atomic E-state index is 0.281. The van der Waals surface area contributed by atoms with Gasteiger partial charge >= 0.3 is 0 Å². The molecule has 0 spiro atoms. The van der Waals surface area contributed by atoms with Crippen LogP contribution in [-0.2, 0) is 19.8 Å². The van der Waals surface area contributed by atoms with Crippen molar-refractivity contribution in [2.45, 2.75) is 47.5 Å². The Balaban J connectivity index is 1.39. The Labute approximate surface area is 174 Å². The molecule has 0 fully saturated rings. The summed E-state index contributed by atoms with van der Waals surface area (Å²) in [6, 6.07) is 3.69. The van der Waals surface area contributed by atoms with Crippen LogP contribution >= 0.6 is 0 Å². The number of hydrogen-bond donors (Lipinski definition) is 1. The van der Waals surface area contributed by atoms with Crippen LogP contribution in [0, 0.1) is 20.8 Å². The Hall–Kier alpha value is -3.69. The second-order valence-corrected chi connectivity index (χ2v) is 7.26. The zero-order valence-electron chi connectivity index (χ0n) is 17.6. The van der Waals surface area contributed by atoms with E-state index in [1.807, 2.05) is 42.4 Å². The molecule has 0 radical (unpaired) electrons. The molecule has 0 unspecified atom stereocenters. The summed E-state index contributed by atoms with van der Waals surface area (Å²) in [6.07, 6.45) is 7.05. The predicted octanol–water partition coefficient (Wildman–Crippen LogP) is 2.22. The van der Waals surface area contributed by atoms with Crippen molar-refractivity contribution in [1.29, 1.82) is 0 Å². The zero-order valence-corrected chi connectivity index (χ0v) is 17.6. The van der Waals surface area contributed by atoms with Crippen LogP contribution in [0.3, 0.4) is 0 Å². The lowest BCUT2D eigenvalue weighted by Crippen LogP contribution is -2.15. The smallest absolute Gasteiger partial charge is 0.276 e. The number of carbonyl (C=O) groups is 1. The molecule has 0 aliphatic heterocycles. The number of hydrogen-bond acceptors (Lipinski definition) is 5. The lowest BCUT2D eigenvalue weighted by Gasteiger charge is -2.04. The molecule has 0 aliphatic carbocycles.